The van der Waals surface area contributed by atoms with Crippen LogP contribution in [0.2, 0.25) is 0 Å². The average Bonchev–Trinajstić information content (AvgIpc) is 2.44. The lowest BCUT2D eigenvalue weighted by Gasteiger charge is -2.12. The van der Waals surface area contributed by atoms with Crippen molar-refractivity contribution in [2.24, 2.45) is 0 Å². The molecule has 3 N–H and O–H groups in total. The van der Waals surface area contributed by atoms with Crippen LogP contribution in [0, 0.1) is 11.6 Å². The molecule has 0 aliphatic carbocycles. The molecule has 0 spiro atoms. The molecule has 0 saturated heterocycles. The minimum Gasteiger partial charge on any atom is -0.453 e. The van der Waals surface area contributed by atoms with Gasteiger partial charge in [0.25, 0.3) is 0 Å². The summed E-state index contributed by atoms with van der Waals surface area (Å²) in [7, 11) is -2.65. The molecule has 2 aromatic carbocycles. The first-order chi connectivity index (χ1) is 9.83. The molecule has 0 amide bonds. The molecule has 112 valence electrons. The van der Waals surface area contributed by atoms with Gasteiger partial charge in [0.2, 0.25) is 10.0 Å². The van der Waals surface area contributed by atoms with Crippen LogP contribution in [0.15, 0.2) is 41.3 Å². The van der Waals surface area contributed by atoms with Crippen molar-refractivity contribution in [3.05, 3.63) is 48.0 Å². The van der Waals surface area contributed by atoms with Crippen LogP contribution in [0.1, 0.15) is 0 Å². The van der Waals surface area contributed by atoms with Gasteiger partial charge in [0.05, 0.1) is 0 Å². The summed E-state index contributed by atoms with van der Waals surface area (Å²) in [5, 5.41) is 0. The van der Waals surface area contributed by atoms with Gasteiger partial charge in [-0.25, -0.2) is 21.9 Å². The van der Waals surface area contributed by atoms with E-state index < -0.39 is 27.4 Å². The van der Waals surface area contributed by atoms with E-state index in [4.69, 9.17) is 10.5 Å². The van der Waals surface area contributed by atoms with Gasteiger partial charge in [-0.2, -0.15) is 0 Å². The number of nitrogen functional groups attached to an aromatic ring is 1. The van der Waals surface area contributed by atoms with E-state index in [0.717, 1.165) is 18.2 Å². The Morgan fingerprint density at radius 2 is 1.81 bits per heavy atom. The number of hydrogen-bond acceptors (Lipinski definition) is 4. The van der Waals surface area contributed by atoms with E-state index >= 15 is 0 Å². The molecule has 0 radical (unpaired) electrons. The highest BCUT2D eigenvalue weighted by Gasteiger charge is 2.20. The molecule has 2 rings (SSSR count). The third-order valence-electron chi connectivity index (χ3n) is 2.64. The Morgan fingerprint density at radius 1 is 1.10 bits per heavy atom. The maximum absolute atomic E-state index is 13.6. The van der Waals surface area contributed by atoms with E-state index in [2.05, 4.69) is 4.72 Å². The quantitative estimate of drug-likeness (QED) is 0.848. The third-order valence-corrected chi connectivity index (χ3v) is 4.07. The predicted octanol–water partition coefficient (Wildman–Crippen LogP) is 2.25. The maximum Gasteiger partial charge on any atom is 0.244 e. The second kappa shape index (κ2) is 5.66. The first-order valence-electron chi connectivity index (χ1n) is 5.79. The molecule has 0 saturated carbocycles. The summed E-state index contributed by atoms with van der Waals surface area (Å²) in [6.45, 7) is 0. The van der Waals surface area contributed by atoms with Crippen molar-refractivity contribution in [2.75, 3.05) is 12.8 Å². The Morgan fingerprint density at radius 3 is 2.48 bits per heavy atom. The van der Waals surface area contributed by atoms with Crippen molar-refractivity contribution in [2.45, 2.75) is 4.90 Å². The number of anilines is 1. The second-order valence-electron chi connectivity index (χ2n) is 4.09. The van der Waals surface area contributed by atoms with Crippen LogP contribution in [0.5, 0.6) is 11.5 Å². The molecule has 2 aromatic rings. The predicted molar refractivity (Wildman–Crippen MR) is 73.5 cm³/mol. The number of ether oxygens (including phenoxy) is 1. The van der Waals surface area contributed by atoms with E-state index in [9.17, 15) is 17.2 Å². The van der Waals surface area contributed by atoms with E-state index in [1.807, 2.05) is 0 Å². The van der Waals surface area contributed by atoms with Gasteiger partial charge >= 0.3 is 0 Å². The van der Waals surface area contributed by atoms with Gasteiger partial charge in [-0.15, -0.1) is 0 Å². The molecule has 0 fully saturated rings. The van der Waals surface area contributed by atoms with Crippen molar-refractivity contribution >= 4 is 15.7 Å². The Hall–Kier alpha value is -2.19. The minimum atomic E-state index is -3.87. The normalized spacial score (nSPS) is 11.4. The molecule has 0 unspecified atom stereocenters. The van der Waals surface area contributed by atoms with Crippen molar-refractivity contribution in [1.29, 1.82) is 0 Å². The van der Waals surface area contributed by atoms with E-state index in [1.165, 1.54) is 25.2 Å². The fraction of sp³-hybridized carbons (Fsp3) is 0.0769. The molecule has 0 aliphatic heterocycles. The molecule has 5 nitrogen and oxygen atoms in total. The van der Waals surface area contributed by atoms with Crippen LogP contribution in [0.25, 0.3) is 0 Å². The first kappa shape index (κ1) is 15.2. The van der Waals surface area contributed by atoms with Crippen LogP contribution in [0.3, 0.4) is 0 Å². The van der Waals surface area contributed by atoms with Crippen LogP contribution < -0.4 is 15.2 Å². The lowest BCUT2D eigenvalue weighted by Crippen LogP contribution is -2.19. The number of hydrogen-bond donors (Lipinski definition) is 2. The SMILES string of the molecule is CNS(=O)(=O)c1cc(N)ccc1Oc1cc(F)ccc1F. The summed E-state index contributed by atoms with van der Waals surface area (Å²) in [6.07, 6.45) is 0. The highest BCUT2D eigenvalue weighted by Crippen LogP contribution is 2.32. The number of benzene rings is 2. The summed E-state index contributed by atoms with van der Waals surface area (Å²) in [4.78, 5) is -0.270. The van der Waals surface area contributed by atoms with Crippen molar-refractivity contribution in [3.63, 3.8) is 0 Å². The summed E-state index contributed by atoms with van der Waals surface area (Å²) in [5.41, 5.74) is 5.74. The highest BCUT2D eigenvalue weighted by atomic mass is 32.2. The van der Waals surface area contributed by atoms with Gasteiger partial charge in [0.15, 0.2) is 11.6 Å². The van der Waals surface area contributed by atoms with Gasteiger partial charge in [-0.1, -0.05) is 0 Å². The highest BCUT2D eigenvalue weighted by molar-refractivity contribution is 7.89. The smallest absolute Gasteiger partial charge is 0.244 e. The van der Waals surface area contributed by atoms with Gasteiger partial charge in [0.1, 0.15) is 16.5 Å². The topological polar surface area (TPSA) is 81.4 Å². The Kier molecular flexibility index (Phi) is 4.10. The summed E-state index contributed by atoms with van der Waals surface area (Å²) >= 11 is 0. The number of rotatable bonds is 4. The molecular formula is C13H12F2N2O3S. The van der Waals surface area contributed by atoms with Gasteiger partial charge in [-0.3, -0.25) is 0 Å². The maximum atomic E-state index is 13.6. The monoisotopic (exact) mass is 314 g/mol. The Balaban J connectivity index is 2.52. The zero-order chi connectivity index (χ0) is 15.6. The standard InChI is InChI=1S/C13H12F2N2O3S/c1-17-21(18,19)13-7-9(16)3-5-11(13)20-12-6-8(14)2-4-10(12)15/h2-7,17H,16H2,1H3. The molecule has 21 heavy (non-hydrogen) atoms. The van der Waals surface area contributed by atoms with Crippen molar-refractivity contribution in [3.8, 4) is 11.5 Å². The molecular weight excluding hydrogens is 302 g/mol. The fourth-order valence-corrected chi connectivity index (χ4v) is 2.49. The summed E-state index contributed by atoms with van der Waals surface area (Å²) < 4.78 is 57.8. The fourth-order valence-electron chi connectivity index (χ4n) is 1.60. The zero-order valence-corrected chi connectivity index (χ0v) is 11.7. The molecule has 8 heteroatoms. The number of nitrogens with two attached hydrogens (primary N) is 1. The van der Waals surface area contributed by atoms with Crippen LogP contribution in [-0.4, -0.2) is 15.5 Å². The van der Waals surface area contributed by atoms with E-state index in [-0.39, 0.29) is 16.3 Å². The number of sulfonamides is 1. The van der Waals surface area contributed by atoms with Crippen LogP contribution >= 0.6 is 0 Å². The molecule has 0 heterocycles. The first-order valence-corrected chi connectivity index (χ1v) is 7.28. The molecule has 0 atom stereocenters. The van der Waals surface area contributed by atoms with Crippen molar-refractivity contribution < 1.29 is 21.9 Å². The Labute approximate surface area is 120 Å². The molecule has 0 aliphatic rings. The van der Waals surface area contributed by atoms with Crippen LogP contribution in [0.4, 0.5) is 14.5 Å². The lowest BCUT2D eigenvalue weighted by molar-refractivity contribution is 0.426. The molecule has 0 bridgehead atoms. The van der Waals surface area contributed by atoms with E-state index in [0.29, 0.717) is 0 Å². The summed E-state index contributed by atoms with van der Waals surface area (Å²) in [5.74, 6) is -2.11. The van der Waals surface area contributed by atoms with Crippen molar-refractivity contribution in [1.82, 2.24) is 4.72 Å². The van der Waals surface area contributed by atoms with Gasteiger partial charge in [0, 0.05) is 11.8 Å². The van der Waals surface area contributed by atoms with Gasteiger partial charge < -0.3 is 10.5 Å². The van der Waals surface area contributed by atoms with E-state index in [1.54, 1.807) is 0 Å². The Bertz CT molecular complexity index is 779. The lowest BCUT2D eigenvalue weighted by atomic mass is 10.3. The zero-order valence-electron chi connectivity index (χ0n) is 10.9. The average molecular weight is 314 g/mol. The van der Waals surface area contributed by atoms with Crippen LogP contribution in [-0.2, 0) is 10.0 Å². The second-order valence-corrected chi connectivity index (χ2v) is 5.95. The minimum absolute atomic E-state index is 0.164. The largest absolute Gasteiger partial charge is 0.453 e. The summed E-state index contributed by atoms with van der Waals surface area (Å²) in [6, 6.07) is 6.45. The molecule has 0 aromatic heterocycles. The number of halogens is 2. The third kappa shape index (κ3) is 3.29. The van der Waals surface area contributed by atoms with Gasteiger partial charge in [-0.05, 0) is 37.4 Å². The number of nitrogens with one attached hydrogen (secondary N) is 1.